The van der Waals surface area contributed by atoms with E-state index in [1.807, 2.05) is 6.07 Å². The third-order valence-electron chi connectivity index (χ3n) is 1.25. The van der Waals surface area contributed by atoms with Gasteiger partial charge >= 0.3 is 15.0 Å². The fourth-order valence-corrected chi connectivity index (χ4v) is 0.714. The summed E-state index contributed by atoms with van der Waals surface area (Å²) in [6, 6.07) is 10.5. The summed E-state index contributed by atoms with van der Waals surface area (Å²) >= 11 is 14.8. The summed E-state index contributed by atoms with van der Waals surface area (Å²) in [5.74, 6) is 0. The van der Waals surface area contributed by atoms with Crippen LogP contribution in [0, 0.1) is 0 Å². The second-order valence-electron chi connectivity index (χ2n) is 2.46. The minimum absolute atomic E-state index is 1.14. The Balaban J connectivity index is 0. The summed E-state index contributed by atoms with van der Waals surface area (Å²) in [5, 5.41) is 0. The van der Waals surface area contributed by atoms with Gasteiger partial charge in [-0.15, -0.1) is 33.2 Å². The SMILES string of the molecule is CCc1ccccc1.Cl[SiH](Cl)Cl.O=S(=O)(Cl)Cl. The monoisotopic (exact) mass is 374 g/mol. The van der Waals surface area contributed by atoms with Crippen molar-refractivity contribution in [3.63, 3.8) is 0 Å². The van der Waals surface area contributed by atoms with E-state index in [0.717, 1.165) is 6.42 Å². The van der Waals surface area contributed by atoms with Crippen molar-refractivity contribution in [2.75, 3.05) is 0 Å². The molecule has 9 heteroatoms. The molecule has 0 N–H and O–H groups in total. The summed E-state index contributed by atoms with van der Waals surface area (Å²) in [6.07, 6.45) is 1.14. The average molecular weight is 377 g/mol. The maximum atomic E-state index is 9.16. The molecule has 0 amide bonds. The molecule has 0 saturated heterocycles. The molecule has 0 unspecified atom stereocenters. The lowest BCUT2D eigenvalue weighted by atomic mass is 10.2. The maximum Gasteiger partial charge on any atom is 0.326 e. The van der Waals surface area contributed by atoms with Crippen LogP contribution in [0.15, 0.2) is 30.3 Å². The van der Waals surface area contributed by atoms with Gasteiger partial charge in [0.2, 0.25) is 0 Å². The zero-order valence-electron chi connectivity index (χ0n) is 8.79. The quantitative estimate of drug-likeness (QED) is 0.414. The first-order valence-corrected chi connectivity index (χ1v) is 12.6. The molecule has 0 heterocycles. The maximum absolute atomic E-state index is 9.16. The normalized spacial score (nSPS) is 9.82. The average Bonchev–Trinajstić information content (AvgIpc) is 2.15. The van der Waals surface area contributed by atoms with E-state index in [1.165, 1.54) is 5.56 Å². The van der Waals surface area contributed by atoms with Gasteiger partial charge in [0.25, 0.3) is 0 Å². The fraction of sp³-hybridized carbons (Fsp3) is 0.250. The lowest BCUT2D eigenvalue weighted by Gasteiger charge is -1.89. The standard InChI is InChI=1S/C8H10.Cl3HSi.Cl2O2S/c1-2-8-6-4-3-5-7-8;1-4(2)3;1-5(2,3)4/h3-7H,2H2,1H3;4H;. The predicted molar refractivity (Wildman–Crippen MR) is 81.2 cm³/mol. The minimum Gasteiger partial charge on any atom is -0.195 e. The van der Waals surface area contributed by atoms with Crippen LogP contribution >= 0.6 is 54.6 Å². The molecular formula is C8H11Cl5O2SSi. The Kier molecular flexibility index (Phi) is 14.1. The van der Waals surface area contributed by atoms with Crippen LogP contribution in [0.25, 0.3) is 0 Å². The van der Waals surface area contributed by atoms with Crippen LogP contribution in [0.4, 0.5) is 0 Å². The van der Waals surface area contributed by atoms with Crippen molar-refractivity contribution in [2.45, 2.75) is 13.3 Å². The fourth-order valence-electron chi connectivity index (χ4n) is 0.714. The molecule has 100 valence electrons. The zero-order chi connectivity index (χ0) is 13.9. The van der Waals surface area contributed by atoms with Crippen molar-refractivity contribution in [3.8, 4) is 0 Å². The molecule has 0 aromatic heterocycles. The Bertz CT molecular complexity index is 360. The molecular weight excluding hydrogens is 366 g/mol. The lowest BCUT2D eigenvalue weighted by Crippen LogP contribution is -1.73. The summed E-state index contributed by atoms with van der Waals surface area (Å²) < 4.78 is 18.3. The van der Waals surface area contributed by atoms with Crippen LogP contribution in [-0.2, 0) is 14.7 Å². The van der Waals surface area contributed by atoms with E-state index >= 15 is 0 Å². The number of aryl methyl sites for hydroxylation is 1. The van der Waals surface area contributed by atoms with E-state index in [4.69, 9.17) is 41.7 Å². The van der Waals surface area contributed by atoms with Crippen LogP contribution in [0.1, 0.15) is 12.5 Å². The van der Waals surface area contributed by atoms with E-state index in [0.29, 0.717) is 0 Å². The van der Waals surface area contributed by atoms with Gasteiger partial charge < -0.3 is 0 Å². The third kappa shape index (κ3) is 31.6. The zero-order valence-corrected chi connectivity index (χ0v) is 14.5. The van der Waals surface area contributed by atoms with E-state index < -0.39 is 15.0 Å². The van der Waals surface area contributed by atoms with Gasteiger partial charge in [-0.25, -0.2) is 0 Å². The highest BCUT2D eigenvalue weighted by molar-refractivity contribution is 8.31. The summed E-state index contributed by atoms with van der Waals surface area (Å²) in [7, 11) is 4.81. The highest BCUT2D eigenvalue weighted by atomic mass is 36.0. The molecule has 2 nitrogen and oxygen atoms in total. The summed E-state index contributed by atoms with van der Waals surface area (Å²) in [6.45, 7) is 0.440. The first-order valence-electron chi connectivity index (χ1n) is 4.27. The minimum atomic E-state index is -3.72. The first-order chi connectivity index (χ1) is 7.66. The molecule has 0 atom stereocenters. The Hall–Kier alpha value is 0.837. The van der Waals surface area contributed by atoms with Gasteiger partial charge in [-0.1, -0.05) is 37.3 Å². The van der Waals surface area contributed by atoms with Crippen molar-refractivity contribution >= 4 is 69.6 Å². The van der Waals surface area contributed by atoms with Crippen LogP contribution in [-0.4, -0.2) is 15.1 Å². The lowest BCUT2D eigenvalue weighted by molar-refractivity contribution is 0.621. The van der Waals surface area contributed by atoms with E-state index in [-0.39, 0.29) is 0 Å². The van der Waals surface area contributed by atoms with Crippen molar-refractivity contribution in [3.05, 3.63) is 35.9 Å². The second kappa shape index (κ2) is 11.9. The molecule has 0 aliphatic rings. The van der Waals surface area contributed by atoms with Crippen molar-refractivity contribution in [2.24, 2.45) is 0 Å². The second-order valence-corrected chi connectivity index (χ2v) is 12.6. The number of rotatable bonds is 1. The molecule has 1 rings (SSSR count). The van der Waals surface area contributed by atoms with E-state index in [9.17, 15) is 0 Å². The number of hydrogen-bond acceptors (Lipinski definition) is 2. The van der Waals surface area contributed by atoms with Gasteiger partial charge in [0.1, 0.15) is 0 Å². The van der Waals surface area contributed by atoms with Crippen LogP contribution in [0.2, 0.25) is 0 Å². The smallest absolute Gasteiger partial charge is 0.195 e. The van der Waals surface area contributed by atoms with Crippen molar-refractivity contribution in [1.82, 2.24) is 0 Å². The predicted octanol–water partition coefficient (Wildman–Crippen LogP) is 4.38. The van der Waals surface area contributed by atoms with Gasteiger partial charge in [-0.2, -0.15) is 8.42 Å². The van der Waals surface area contributed by atoms with Gasteiger partial charge in [0, 0.05) is 21.4 Å². The van der Waals surface area contributed by atoms with Crippen LogP contribution in [0.5, 0.6) is 0 Å². The number of benzene rings is 1. The highest BCUT2D eigenvalue weighted by Crippen LogP contribution is 1.98. The molecule has 0 aliphatic carbocycles. The molecule has 17 heavy (non-hydrogen) atoms. The van der Waals surface area contributed by atoms with Crippen LogP contribution in [0.3, 0.4) is 0 Å². The molecule has 0 fully saturated rings. The largest absolute Gasteiger partial charge is 0.326 e. The van der Waals surface area contributed by atoms with E-state index in [2.05, 4.69) is 52.6 Å². The number of halogens is 5. The summed E-state index contributed by atoms with van der Waals surface area (Å²) in [5.41, 5.74) is 1.41. The molecule has 1 aromatic carbocycles. The van der Waals surface area contributed by atoms with Gasteiger partial charge in [0.15, 0.2) is 0 Å². The highest BCUT2D eigenvalue weighted by Gasteiger charge is 1.88. The molecule has 0 radical (unpaired) electrons. The number of hydrogen-bond donors (Lipinski definition) is 0. The van der Waals surface area contributed by atoms with Gasteiger partial charge in [-0.05, 0) is 12.0 Å². The topological polar surface area (TPSA) is 34.1 Å². The Morgan fingerprint density at radius 2 is 1.35 bits per heavy atom. The molecule has 0 aliphatic heterocycles. The van der Waals surface area contributed by atoms with Gasteiger partial charge in [0.05, 0.1) is 0 Å². The molecule has 0 spiro atoms. The van der Waals surface area contributed by atoms with Gasteiger partial charge in [-0.3, -0.25) is 0 Å². The Labute approximate surface area is 126 Å². The Morgan fingerprint density at radius 3 is 1.53 bits per heavy atom. The van der Waals surface area contributed by atoms with Crippen LogP contribution < -0.4 is 0 Å². The summed E-state index contributed by atoms with van der Waals surface area (Å²) in [4.78, 5) is 0. The Morgan fingerprint density at radius 1 is 1.06 bits per heavy atom. The van der Waals surface area contributed by atoms with Crippen molar-refractivity contribution < 1.29 is 8.42 Å². The third-order valence-corrected chi connectivity index (χ3v) is 1.25. The first kappa shape index (κ1) is 20.2. The molecule has 1 aromatic rings. The van der Waals surface area contributed by atoms with E-state index in [1.54, 1.807) is 0 Å². The van der Waals surface area contributed by atoms with Crippen molar-refractivity contribution in [1.29, 1.82) is 0 Å². The molecule has 0 saturated carbocycles. The molecule has 0 bridgehead atoms.